The summed E-state index contributed by atoms with van der Waals surface area (Å²) < 4.78 is 0. The van der Waals surface area contributed by atoms with Gasteiger partial charge in [-0.05, 0) is 24.1 Å². The normalized spacial score (nSPS) is 15.7. The molecule has 1 aliphatic rings. The van der Waals surface area contributed by atoms with E-state index in [0.29, 0.717) is 6.42 Å². The van der Waals surface area contributed by atoms with Gasteiger partial charge in [0.1, 0.15) is 5.78 Å². The third-order valence-electron chi connectivity index (χ3n) is 2.86. The van der Waals surface area contributed by atoms with Gasteiger partial charge in [-0.3, -0.25) is 9.59 Å². The van der Waals surface area contributed by atoms with E-state index in [0.717, 1.165) is 16.8 Å². The molecule has 3 heteroatoms. The topological polar surface area (TPSA) is 46.2 Å². The summed E-state index contributed by atoms with van der Waals surface area (Å²) in [7, 11) is 0. The fraction of sp³-hybridized carbons (Fsp3) is 0.333. The van der Waals surface area contributed by atoms with Crippen LogP contribution in [0.4, 0.5) is 5.69 Å². The van der Waals surface area contributed by atoms with Crippen molar-refractivity contribution in [1.82, 2.24) is 0 Å². The van der Waals surface area contributed by atoms with E-state index < -0.39 is 0 Å². The summed E-state index contributed by atoms with van der Waals surface area (Å²) in [4.78, 5) is 22.4. The Labute approximate surface area is 88.5 Å². The highest BCUT2D eigenvalue weighted by atomic mass is 16.1. The number of anilines is 1. The van der Waals surface area contributed by atoms with Crippen molar-refractivity contribution in [3.8, 4) is 0 Å². The predicted molar refractivity (Wildman–Crippen MR) is 57.9 cm³/mol. The van der Waals surface area contributed by atoms with Crippen LogP contribution in [0.15, 0.2) is 18.2 Å². The minimum absolute atomic E-state index is 0.0256. The summed E-state index contributed by atoms with van der Waals surface area (Å²) in [5.41, 5.74) is 2.85. The Morgan fingerprint density at radius 1 is 1.47 bits per heavy atom. The van der Waals surface area contributed by atoms with E-state index in [-0.39, 0.29) is 17.6 Å². The van der Waals surface area contributed by atoms with E-state index in [1.165, 1.54) is 0 Å². The molecule has 0 fully saturated rings. The maximum absolute atomic E-state index is 11.2. The Morgan fingerprint density at radius 3 is 2.87 bits per heavy atom. The number of hydrogen-bond acceptors (Lipinski definition) is 2. The Balaban J connectivity index is 2.35. The summed E-state index contributed by atoms with van der Waals surface area (Å²) >= 11 is 0. The molecule has 1 amide bonds. The third kappa shape index (κ3) is 1.77. The van der Waals surface area contributed by atoms with Crippen molar-refractivity contribution in [3.63, 3.8) is 0 Å². The molecule has 78 valence electrons. The molecule has 1 unspecified atom stereocenters. The molecule has 0 bridgehead atoms. The van der Waals surface area contributed by atoms with E-state index in [9.17, 15) is 9.59 Å². The molecule has 0 aliphatic carbocycles. The zero-order valence-electron chi connectivity index (χ0n) is 8.83. The number of rotatable bonds is 2. The zero-order chi connectivity index (χ0) is 11.0. The summed E-state index contributed by atoms with van der Waals surface area (Å²) in [6, 6.07) is 5.71. The van der Waals surface area contributed by atoms with Gasteiger partial charge in [0.05, 0.1) is 6.42 Å². The maximum Gasteiger partial charge on any atom is 0.228 e. The van der Waals surface area contributed by atoms with Crippen molar-refractivity contribution in [2.45, 2.75) is 26.2 Å². The van der Waals surface area contributed by atoms with Crippen LogP contribution in [-0.2, 0) is 16.0 Å². The molecule has 1 aromatic rings. The molecular weight excluding hydrogens is 190 g/mol. The molecule has 0 spiro atoms. The number of fused-ring (bicyclic) bond motifs is 1. The quantitative estimate of drug-likeness (QED) is 0.797. The summed E-state index contributed by atoms with van der Waals surface area (Å²) in [5.74, 6) is 0.0795. The lowest BCUT2D eigenvalue weighted by atomic mass is 9.95. The molecule has 0 saturated heterocycles. The average molecular weight is 203 g/mol. The van der Waals surface area contributed by atoms with Gasteiger partial charge in [-0.2, -0.15) is 0 Å². The molecule has 1 aliphatic heterocycles. The highest BCUT2D eigenvalue weighted by Crippen LogP contribution is 2.27. The third-order valence-corrected chi connectivity index (χ3v) is 2.86. The molecule has 1 heterocycles. The first kappa shape index (κ1) is 9.90. The second-order valence-electron chi connectivity index (χ2n) is 3.97. The lowest BCUT2D eigenvalue weighted by Crippen LogP contribution is -2.04. The van der Waals surface area contributed by atoms with Crippen LogP contribution in [0, 0.1) is 0 Å². The smallest absolute Gasteiger partial charge is 0.228 e. The van der Waals surface area contributed by atoms with Crippen molar-refractivity contribution < 1.29 is 9.59 Å². The van der Waals surface area contributed by atoms with Gasteiger partial charge in [0.25, 0.3) is 0 Å². The van der Waals surface area contributed by atoms with Gasteiger partial charge in [-0.15, -0.1) is 0 Å². The summed E-state index contributed by atoms with van der Waals surface area (Å²) in [6.45, 7) is 3.47. The van der Waals surface area contributed by atoms with Crippen LogP contribution >= 0.6 is 0 Å². The number of amides is 1. The van der Waals surface area contributed by atoms with Crippen molar-refractivity contribution in [2.24, 2.45) is 0 Å². The molecule has 0 saturated carbocycles. The first-order chi connectivity index (χ1) is 7.08. The van der Waals surface area contributed by atoms with Gasteiger partial charge in [0.15, 0.2) is 0 Å². The SMILES string of the molecule is CC(=O)C(C)c1ccc2c(c1)CC(=O)N2. The molecule has 1 N–H and O–H groups in total. The van der Waals surface area contributed by atoms with Crippen LogP contribution in [0.2, 0.25) is 0 Å². The van der Waals surface area contributed by atoms with Crippen LogP contribution in [0.1, 0.15) is 30.9 Å². The molecule has 3 nitrogen and oxygen atoms in total. The number of carbonyl (C=O) groups excluding carboxylic acids is 2. The summed E-state index contributed by atoms with van der Waals surface area (Å²) in [6.07, 6.45) is 0.424. The van der Waals surface area contributed by atoms with E-state index in [4.69, 9.17) is 0 Å². The minimum atomic E-state index is -0.0917. The Kier molecular flexibility index (Phi) is 2.31. The fourth-order valence-corrected chi connectivity index (χ4v) is 1.75. The van der Waals surface area contributed by atoms with Crippen LogP contribution in [0.25, 0.3) is 0 Å². The maximum atomic E-state index is 11.2. The minimum Gasteiger partial charge on any atom is -0.326 e. The van der Waals surface area contributed by atoms with Crippen LogP contribution in [0.5, 0.6) is 0 Å². The van der Waals surface area contributed by atoms with Crippen molar-refractivity contribution in [2.75, 3.05) is 5.32 Å². The van der Waals surface area contributed by atoms with Crippen molar-refractivity contribution >= 4 is 17.4 Å². The van der Waals surface area contributed by atoms with Gasteiger partial charge in [-0.1, -0.05) is 19.1 Å². The Bertz CT molecular complexity index is 437. The second kappa shape index (κ2) is 3.50. The van der Waals surface area contributed by atoms with Crippen LogP contribution in [0.3, 0.4) is 0 Å². The van der Waals surface area contributed by atoms with E-state index in [1.807, 2.05) is 25.1 Å². The first-order valence-corrected chi connectivity index (χ1v) is 5.01. The van der Waals surface area contributed by atoms with E-state index in [1.54, 1.807) is 6.92 Å². The molecule has 15 heavy (non-hydrogen) atoms. The van der Waals surface area contributed by atoms with E-state index >= 15 is 0 Å². The van der Waals surface area contributed by atoms with Crippen molar-refractivity contribution in [3.05, 3.63) is 29.3 Å². The van der Waals surface area contributed by atoms with Gasteiger partial charge in [0.2, 0.25) is 5.91 Å². The van der Waals surface area contributed by atoms with Gasteiger partial charge in [-0.25, -0.2) is 0 Å². The average Bonchev–Trinajstić information content (AvgIpc) is 2.55. The molecule has 2 rings (SSSR count). The van der Waals surface area contributed by atoms with Crippen LogP contribution < -0.4 is 5.32 Å². The highest BCUT2D eigenvalue weighted by Gasteiger charge is 2.19. The number of hydrogen-bond donors (Lipinski definition) is 1. The van der Waals surface area contributed by atoms with Crippen molar-refractivity contribution in [1.29, 1.82) is 0 Å². The fourth-order valence-electron chi connectivity index (χ4n) is 1.75. The second-order valence-corrected chi connectivity index (χ2v) is 3.97. The number of carbonyl (C=O) groups is 2. The molecule has 1 atom stereocenters. The van der Waals surface area contributed by atoms with E-state index in [2.05, 4.69) is 5.32 Å². The molecule has 1 aromatic carbocycles. The summed E-state index contributed by atoms with van der Waals surface area (Å²) in [5, 5.41) is 2.77. The largest absolute Gasteiger partial charge is 0.326 e. The first-order valence-electron chi connectivity index (χ1n) is 5.01. The van der Waals surface area contributed by atoms with Crippen LogP contribution in [-0.4, -0.2) is 11.7 Å². The molecule has 0 aromatic heterocycles. The molecular formula is C12H13NO2. The monoisotopic (exact) mass is 203 g/mol. The van der Waals surface area contributed by atoms with Gasteiger partial charge < -0.3 is 5.32 Å². The molecule has 0 radical (unpaired) electrons. The standard InChI is InChI=1S/C12H13NO2/c1-7(8(2)14)9-3-4-11-10(5-9)6-12(15)13-11/h3-5,7H,6H2,1-2H3,(H,13,15). The lowest BCUT2D eigenvalue weighted by Gasteiger charge is -2.09. The lowest BCUT2D eigenvalue weighted by molar-refractivity contribution is -0.118. The highest BCUT2D eigenvalue weighted by molar-refractivity contribution is 5.99. The van der Waals surface area contributed by atoms with Gasteiger partial charge >= 0.3 is 0 Å². The number of ketones is 1. The Morgan fingerprint density at radius 2 is 2.20 bits per heavy atom. The van der Waals surface area contributed by atoms with Gasteiger partial charge in [0, 0.05) is 11.6 Å². The zero-order valence-corrected chi connectivity index (χ0v) is 8.83. The Hall–Kier alpha value is -1.64. The number of nitrogens with one attached hydrogen (secondary N) is 1. The predicted octanol–water partition coefficient (Wildman–Crippen LogP) is 1.87. The number of Topliss-reactive ketones (excluding diaryl/α,β-unsaturated/α-hetero) is 1. The number of benzene rings is 1.